The van der Waals surface area contributed by atoms with Crippen LogP contribution in [0.25, 0.3) is 5.57 Å². The van der Waals surface area contributed by atoms with Gasteiger partial charge in [-0.15, -0.1) is 0 Å². The van der Waals surface area contributed by atoms with Gasteiger partial charge >= 0.3 is 5.97 Å². The van der Waals surface area contributed by atoms with Crippen molar-refractivity contribution in [1.29, 1.82) is 0 Å². The first-order chi connectivity index (χ1) is 17.8. The first-order valence-corrected chi connectivity index (χ1v) is 14.3. The number of aliphatic carboxylic acids is 1. The molecule has 7 heteroatoms. The fraction of sp³-hybridized carbons (Fsp3) is 0.500. The summed E-state index contributed by atoms with van der Waals surface area (Å²) in [6.07, 6.45) is 12.6. The summed E-state index contributed by atoms with van der Waals surface area (Å²) in [5, 5.41) is 9.25. The minimum Gasteiger partial charge on any atom is -0.493 e. The Labute approximate surface area is 233 Å². The van der Waals surface area contributed by atoms with E-state index in [-0.39, 0.29) is 16.3 Å². The Bertz CT molecular complexity index is 1100. The number of hydrogen-bond acceptors (Lipinski definition) is 5. The molecule has 0 radical (unpaired) electrons. The molecule has 4 atom stereocenters. The number of hydrogen-bond donors (Lipinski definition) is 1. The number of halogens is 1. The van der Waals surface area contributed by atoms with Crippen molar-refractivity contribution < 1.29 is 28.8 Å². The molecule has 1 N–H and O–H groups in total. The number of allylic oxidation sites excluding steroid dienone is 6. The van der Waals surface area contributed by atoms with Crippen LogP contribution in [0.2, 0.25) is 0 Å². The average molecular weight is 621 g/mol. The van der Waals surface area contributed by atoms with E-state index in [0.717, 1.165) is 78.3 Å². The normalized spacial score (nSPS) is 26.2. The Kier molecular flexibility index (Phi) is 9.40. The molecule has 1 aromatic carbocycles. The molecule has 1 unspecified atom stereocenters. The van der Waals surface area contributed by atoms with Crippen LogP contribution in [0, 0.1) is 19.8 Å². The van der Waals surface area contributed by atoms with Crippen LogP contribution in [0.4, 0.5) is 0 Å². The molecule has 2 fully saturated rings. The third-order valence-electron chi connectivity index (χ3n) is 6.86. The Balaban J connectivity index is 1.37. The summed E-state index contributed by atoms with van der Waals surface area (Å²) in [7, 11) is 0. The summed E-state index contributed by atoms with van der Waals surface area (Å²) in [5.74, 6) is 1.21. The van der Waals surface area contributed by atoms with Gasteiger partial charge in [-0.05, 0) is 93.0 Å². The highest BCUT2D eigenvalue weighted by molar-refractivity contribution is 14.1. The van der Waals surface area contributed by atoms with Gasteiger partial charge in [-0.25, -0.2) is 0 Å². The molecule has 2 aliphatic carbocycles. The van der Waals surface area contributed by atoms with E-state index < -0.39 is 11.9 Å². The van der Waals surface area contributed by atoms with E-state index in [2.05, 4.69) is 80.6 Å². The van der Waals surface area contributed by atoms with Crippen molar-refractivity contribution in [2.45, 2.75) is 76.1 Å². The average Bonchev–Trinajstić information content (AvgIpc) is 3.51. The van der Waals surface area contributed by atoms with Crippen LogP contribution in [0.5, 0.6) is 5.75 Å². The van der Waals surface area contributed by atoms with E-state index in [4.69, 9.17) is 18.9 Å². The van der Waals surface area contributed by atoms with Crippen molar-refractivity contribution in [2.75, 3.05) is 13.2 Å². The van der Waals surface area contributed by atoms with Crippen LogP contribution in [0.3, 0.4) is 0 Å². The van der Waals surface area contributed by atoms with Crippen molar-refractivity contribution in [3.05, 3.63) is 70.2 Å². The Morgan fingerprint density at radius 3 is 2.59 bits per heavy atom. The maximum atomic E-state index is 11.3. The fourth-order valence-corrected chi connectivity index (χ4v) is 5.96. The summed E-state index contributed by atoms with van der Waals surface area (Å²) in [6.45, 7) is 9.59. The number of carbonyl (C=O) groups is 1. The molecule has 0 bridgehead atoms. The van der Waals surface area contributed by atoms with Gasteiger partial charge in [-0.1, -0.05) is 34.7 Å². The number of carboxylic acids is 1. The van der Waals surface area contributed by atoms with Gasteiger partial charge in [0.2, 0.25) is 0 Å². The van der Waals surface area contributed by atoms with E-state index in [1.807, 2.05) is 6.08 Å². The molecule has 1 heterocycles. The van der Waals surface area contributed by atoms with Gasteiger partial charge in [0.05, 0.1) is 10.5 Å². The van der Waals surface area contributed by atoms with E-state index in [1.165, 1.54) is 5.56 Å². The van der Waals surface area contributed by atoms with Crippen LogP contribution >= 0.6 is 22.6 Å². The van der Waals surface area contributed by atoms with Gasteiger partial charge in [0.15, 0.2) is 6.29 Å². The summed E-state index contributed by atoms with van der Waals surface area (Å²) in [4.78, 5) is 11.3. The number of benzene rings is 1. The van der Waals surface area contributed by atoms with Crippen LogP contribution in [0.15, 0.2) is 53.5 Å². The number of aryl methyl sites for hydroxylation is 2. The molecule has 0 spiro atoms. The van der Waals surface area contributed by atoms with Crippen molar-refractivity contribution in [2.24, 2.45) is 5.92 Å². The predicted molar refractivity (Wildman–Crippen MR) is 153 cm³/mol. The van der Waals surface area contributed by atoms with Gasteiger partial charge in [0, 0.05) is 18.9 Å². The zero-order valence-electron chi connectivity index (χ0n) is 22.1. The summed E-state index contributed by atoms with van der Waals surface area (Å²) >= 11 is 2.15. The molecule has 6 nitrogen and oxygen atoms in total. The van der Waals surface area contributed by atoms with Crippen molar-refractivity contribution in [1.82, 2.24) is 0 Å². The summed E-state index contributed by atoms with van der Waals surface area (Å²) in [6, 6.07) is 4.19. The highest BCUT2D eigenvalue weighted by Crippen LogP contribution is 2.44. The second-order valence-electron chi connectivity index (χ2n) is 10.0. The zero-order chi connectivity index (χ0) is 26.5. The largest absolute Gasteiger partial charge is 0.493 e. The molecule has 1 saturated heterocycles. The van der Waals surface area contributed by atoms with Crippen LogP contribution in [0.1, 0.15) is 62.6 Å². The first-order valence-electron chi connectivity index (χ1n) is 13.1. The standard InChI is InChI=1S/C30H37IO6/c1-5-21(26-19(3)14-24(15-20(26)4)36-25-11-6-7-12-34-25)13-18(2)17-35-22-9-8-10-23(16-22)37-29-27(28(29)31)30(32)33/h5,9,13-16,25,27-29H,6-8,10-12,17H2,1-4H3,(H,32,33)/b18-13+,21-5+/t25?,27-,28-,29+/m1/s1. The van der Waals surface area contributed by atoms with Gasteiger partial charge in [0.1, 0.15) is 35.9 Å². The lowest BCUT2D eigenvalue weighted by atomic mass is 9.94. The minimum atomic E-state index is -0.792. The first kappa shape index (κ1) is 27.8. The van der Waals surface area contributed by atoms with Crippen LogP contribution in [-0.2, 0) is 19.0 Å². The monoisotopic (exact) mass is 620 g/mol. The maximum Gasteiger partial charge on any atom is 0.311 e. The van der Waals surface area contributed by atoms with Crippen LogP contribution < -0.4 is 4.74 Å². The Hall–Kier alpha value is -2.26. The lowest BCUT2D eigenvalue weighted by Gasteiger charge is -2.24. The Morgan fingerprint density at radius 2 is 1.97 bits per heavy atom. The highest BCUT2D eigenvalue weighted by Gasteiger charge is 2.56. The SMILES string of the molecule is C/C=C(\C=C(/C)COC1=CCCC(O[C@@H]2[C@H](I)[C@H]2C(=O)O)=C1)c1c(C)cc(OC2CCCCO2)cc1C. The Morgan fingerprint density at radius 1 is 1.22 bits per heavy atom. The zero-order valence-corrected chi connectivity index (χ0v) is 24.2. The van der Waals surface area contributed by atoms with E-state index in [0.29, 0.717) is 6.61 Å². The van der Waals surface area contributed by atoms with Crippen molar-refractivity contribution in [3.8, 4) is 5.75 Å². The van der Waals surface area contributed by atoms with E-state index >= 15 is 0 Å². The third-order valence-corrected chi connectivity index (χ3v) is 8.35. The van der Waals surface area contributed by atoms with Gasteiger partial charge in [-0.2, -0.15) is 0 Å². The molecular formula is C30H37IO6. The molecule has 0 aromatic heterocycles. The predicted octanol–water partition coefficient (Wildman–Crippen LogP) is 7.04. The fourth-order valence-electron chi connectivity index (χ4n) is 4.89. The number of carboxylic acid groups (broad SMARTS) is 1. The molecule has 37 heavy (non-hydrogen) atoms. The van der Waals surface area contributed by atoms with E-state index in [1.54, 1.807) is 0 Å². The topological polar surface area (TPSA) is 74.2 Å². The van der Waals surface area contributed by atoms with Gasteiger partial charge < -0.3 is 24.1 Å². The molecule has 1 aliphatic heterocycles. The third kappa shape index (κ3) is 7.19. The number of rotatable bonds is 10. The van der Waals surface area contributed by atoms with Gasteiger partial charge in [0.25, 0.3) is 0 Å². The highest BCUT2D eigenvalue weighted by atomic mass is 127. The van der Waals surface area contributed by atoms with Crippen molar-refractivity contribution in [3.63, 3.8) is 0 Å². The molecule has 1 aromatic rings. The molecule has 1 saturated carbocycles. The lowest BCUT2D eigenvalue weighted by molar-refractivity contribution is -0.139. The number of ether oxygens (including phenoxy) is 4. The quantitative estimate of drug-likeness (QED) is 0.172. The van der Waals surface area contributed by atoms with Gasteiger partial charge in [-0.3, -0.25) is 4.79 Å². The molecule has 200 valence electrons. The molecule has 0 amide bonds. The lowest BCUT2D eigenvalue weighted by Crippen LogP contribution is -2.25. The second kappa shape index (κ2) is 12.5. The van der Waals surface area contributed by atoms with Crippen LogP contribution in [-0.4, -0.2) is 40.6 Å². The smallest absolute Gasteiger partial charge is 0.311 e. The number of alkyl halides is 1. The minimum absolute atomic E-state index is 0.0174. The van der Waals surface area contributed by atoms with E-state index in [9.17, 15) is 9.90 Å². The summed E-state index contributed by atoms with van der Waals surface area (Å²) < 4.78 is 23.9. The molecule has 3 aliphatic rings. The maximum absolute atomic E-state index is 11.3. The van der Waals surface area contributed by atoms with Crippen molar-refractivity contribution >= 4 is 34.1 Å². The summed E-state index contributed by atoms with van der Waals surface area (Å²) in [5.41, 5.74) is 5.78. The second-order valence-corrected chi connectivity index (χ2v) is 11.5. The molecule has 4 rings (SSSR count). The molecular weight excluding hydrogens is 583 g/mol.